The van der Waals surface area contributed by atoms with Gasteiger partial charge in [0.15, 0.2) is 0 Å². The maximum Gasteiger partial charge on any atom is 0.242 e. The monoisotopic (exact) mass is 372 g/mol. The fraction of sp³-hybridized carbons (Fsp3) is 0.176. The van der Waals surface area contributed by atoms with Crippen molar-refractivity contribution in [1.29, 1.82) is 0 Å². The summed E-state index contributed by atoms with van der Waals surface area (Å²) < 4.78 is 4.50. The standard InChI is InChI=1S/C17H17BrN4O/c1-13(20-17(23)12-22-11-15(18)10-19-22)14-5-4-6-16(9-14)21-7-2-3-8-21/h2-11,13H,12H2,1H3,(H,20,23). The van der Waals surface area contributed by atoms with Crippen molar-refractivity contribution < 1.29 is 4.79 Å². The number of hydrogen-bond acceptors (Lipinski definition) is 2. The Morgan fingerprint density at radius 3 is 2.78 bits per heavy atom. The van der Waals surface area contributed by atoms with E-state index in [0.717, 1.165) is 15.7 Å². The highest BCUT2D eigenvalue weighted by atomic mass is 79.9. The molecule has 0 aliphatic heterocycles. The third-order valence-corrected chi connectivity index (χ3v) is 3.97. The molecule has 3 rings (SSSR count). The first-order chi connectivity index (χ1) is 11.1. The summed E-state index contributed by atoms with van der Waals surface area (Å²) in [5.41, 5.74) is 2.14. The molecule has 0 fully saturated rings. The molecule has 0 bridgehead atoms. The predicted octanol–water partition coefficient (Wildman–Crippen LogP) is 3.31. The Labute approximate surface area is 143 Å². The number of aromatic nitrogens is 3. The summed E-state index contributed by atoms with van der Waals surface area (Å²) in [4.78, 5) is 12.1. The third-order valence-electron chi connectivity index (χ3n) is 3.56. The fourth-order valence-corrected chi connectivity index (χ4v) is 2.73. The van der Waals surface area contributed by atoms with Crippen LogP contribution in [0.3, 0.4) is 0 Å². The normalized spacial score (nSPS) is 12.1. The van der Waals surface area contributed by atoms with Crippen LogP contribution in [0.4, 0.5) is 0 Å². The lowest BCUT2D eigenvalue weighted by Crippen LogP contribution is -2.30. The molecule has 23 heavy (non-hydrogen) atoms. The molecule has 5 nitrogen and oxygen atoms in total. The number of nitrogens with zero attached hydrogens (tertiary/aromatic N) is 3. The summed E-state index contributed by atoms with van der Waals surface area (Å²) in [6, 6.07) is 12.0. The Morgan fingerprint density at radius 2 is 2.09 bits per heavy atom. The molecule has 2 aromatic heterocycles. The molecule has 0 radical (unpaired) electrons. The Morgan fingerprint density at radius 1 is 1.30 bits per heavy atom. The molecule has 0 saturated carbocycles. The van der Waals surface area contributed by atoms with Crippen LogP contribution in [0.25, 0.3) is 5.69 Å². The molecule has 0 aliphatic rings. The van der Waals surface area contributed by atoms with Crippen molar-refractivity contribution in [2.24, 2.45) is 0 Å². The van der Waals surface area contributed by atoms with E-state index in [0.29, 0.717) is 0 Å². The molecular formula is C17H17BrN4O. The van der Waals surface area contributed by atoms with Crippen LogP contribution in [0.5, 0.6) is 0 Å². The van der Waals surface area contributed by atoms with E-state index in [4.69, 9.17) is 0 Å². The molecule has 3 aromatic rings. The van der Waals surface area contributed by atoms with Gasteiger partial charge in [0.05, 0.1) is 16.7 Å². The zero-order valence-corrected chi connectivity index (χ0v) is 14.3. The van der Waals surface area contributed by atoms with Gasteiger partial charge < -0.3 is 9.88 Å². The highest BCUT2D eigenvalue weighted by Gasteiger charge is 2.11. The summed E-state index contributed by atoms with van der Waals surface area (Å²) in [5, 5.41) is 7.09. The van der Waals surface area contributed by atoms with Crippen LogP contribution in [0.1, 0.15) is 18.5 Å². The van der Waals surface area contributed by atoms with Gasteiger partial charge in [0, 0.05) is 24.3 Å². The van der Waals surface area contributed by atoms with E-state index in [1.807, 2.05) is 54.2 Å². The first kappa shape index (κ1) is 15.6. The number of hydrogen-bond donors (Lipinski definition) is 1. The summed E-state index contributed by atoms with van der Waals surface area (Å²) in [7, 11) is 0. The minimum atomic E-state index is -0.0722. The Hall–Kier alpha value is -2.34. The SMILES string of the molecule is CC(NC(=O)Cn1cc(Br)cn1)c1cccc(-n2cccc2)c1. The van der Waals surface area contributed by atoms with Gasteiger partial charge in [0.1, 0.15) is 6.54 Å². The molecular weight excluding hydrogens is 356 g/mol. The van der Waals surface area contributed by atoms with Crippen LogP contribution in [-0.4, -0.2) is 20.3 Å². The molecule has 1 unspecified atom stereocenters. The number of carbonyl (C=O) groups is 1. The minimum Gasteiger partial charge on any atom is -0.348 e. The third kappa shape index (κ3) is 3.90. The van der Waals surface area contributed by atoms with Crippen molar-refractivity contribution in [1.82, 2.24) is 19.7 Å². The van der Waals surface area contributed by atoms with Gasteiger partial charge in [-0.25, -0.2) is 0 Å². The summed E-state index contributed by atoms with van der Waals surface area (Å²) in [6.45, 7) is 2.18. The number of amides is 1. The molecule has 0 saturated heterocycles. The lowest BCUT2D eigenvalue weighted by atomic mass is 10.1. The molecule has 1 amide bonds. The second-order valence-corrected chi connectivity index (χ2v) is 6.25. The first-order valence-corrected chi connectivity index (χ1v) is 8.12. The van der Waals surface area contributed by atoms with Gasteiger partial charge in [0.25, 0.3) is 0 Å². The summed E-state index contributed by atoms with van der Waals surface area (Å²) in [5.74, 6) is -0.0699. The van der Waals surface area contributed by atoms with Crippen molar-refractivity contribution in [2.75, 3.05) is 0 Å². The van der Waals surface area contributed by atoms with Crippen molar-refractivity contribution in [3.05, 3.63) is 71.2 Å². The number of benzene rings is 1. The molecule has 0 spiro atoms. The van der Waals surface area contributed by atoms with Crippen LogP contribution in [0.2, 0.25) is 0 Å². The predicted molar refractivity (Wildman–Crippen MR) is 92.3 cm³/mol. The van der Waals surface area contributed by atoms with Gasteiger partial charge in [-0.2, -0.15) is 5.10 Å². The molecule has 2 heterocycles. The second-order valence-electron chi connectivity index (χ2n) is 5.33. The lowest BCUT2D eigenvalue weighted by molar-refractivity contribution is -0.122. The van der Waals surface area contributed by atoms with E-state index in [-0.39, 0.29) is 18.5 Å². The Balaban J connectivity index is 1.67. The maximum absolute atomic E-state index is 12.1. The number of carbonyl (C=O) groups excluding carboxylic acids is 1. The zero-order valence-electron chi connectivity index (χ0n) is 12.7. The molecule has 1 N–H and O–H groups in total. The van der Waals surface area contributed by atoms with Gasteiger partial charge in [-0.3, -0.25) is 9.48 Å². The number of nitrogens with one attached hydrogen (secondary N) is 1. The lowest BCUT2D eigenvalue weighted by Gasteiger charge is -2.15. The van der Waals surface area contributed by atoms with Gasteiger partial charge in [-0.1, -0.05) is 12.1 Å². The Bertz CT molecular complexity index is 795. The van der Waals surface area contributed by atoms with E-state index < -0.39 is 0 Å². The van der Waals surface area contributed by atoms with Crippen LogP contribution < -0.4 is 5.32 Å². The van der Waals surface area contributed by atoms with Crippen molar-refractivity contribution >= 4 is 21.8 Å². The molecule has 118 valence electrons. The molecule has 0 aliphatic carbocycles. The van der Waals surface area contributed by atoms with Gasteiger partial charge in [-0.05, 0) is 52.7 Å². The molecule has 6 heteroatoms. The highest BCUT2D eigenvalue weighted by molar-refractivity contribution is 9.10. The van der Waals surface area contributed by atoms with Crippen molar-refractivity contribution in [3.63, 3.8) is 0 Å². The first-order valence-electron chi connectivity index (χ1n) is 7.32. The van der Waals surface area contributed by atoms with E-state index in [1.165, 1.54) is 0 Å². The van der Waals surface area contributed by atoms with Crippen LogP contribution in [0.15, 0.2) is 65.7 Å². The van der Waals surface area contributed by atoms with E-state index in [9.17, 15) is 4.79 Å². The average molecular weight is 373 g/mol. The smallest absolute Gasteiger partial charge is 0.242 e. The van der Waals surface area contributed by atoms with E-state index in [2.05, 4.69) is 32.4 Å². The number of rotatable bonds is 5. The minimum absolute atomic E-state index is 0.0699. The van der Waals surface area contributed by atoms with Crippen LogP contribution >= 0.6 is 15.9 Å². The second kappa shape index (κ2) is 6.83. The summed E-state index contributed by atoms with van der Waals surface area (Å²) in [6.07, 6.45) is 7.43. The quantitative estimate of drug-likeness (QED) is 0.746. The topological polar surface area (TPSA) is 51.9 Å². The van der Waals surface area contributed by atoms with Crippen molar-refractivity contribution in [3.8, 4) is 5.69 Å². The van der Waals surface area contributed by atoms with Gasteiger partial charge in [-0.15, -0.1) is 0 Å². The summed E-state index contributed by atoms with van der Waals surface area (Å²) >= 11 is 3.32. The number of halogens is 1. The van der Waals surface area contributed by atoms with Crippen molar-refractivity contribution in [2.45, 2.75) is 19.5 Å². The zero-order chi connectivity index (χ0) is 16.2. The average Bonchev–Trinajstić information content (AvgIpc) is 3.19. The maximum atomic E-state index is 12.1. The Kier molecular flexibility index (Phi) is 4.62. The van der Waals surface area contributed by atoms with Gasteiger partial charge >= 0.3 is 0 Å². The van der Waals surface area contributed by atoms with E-state index >= 15 is 0 Å². The molecule has 1 aromatic carbocycles. The highest BCUT2D eigenvalue weighted by Crippen LogP contribution is 2.17. The largest absolute Gasteiger partial charge is 0.348 e. The van der Waals surface area contributed by atoms with E-state index in [1.54, 1.807) is 17.1 Å². The van der Waals surface area contributed by atoms with Gasteiger partial charge in [0.2, 0.25) is 5.91 Å². The van der Waals surface area contributed by atoms with Crippen LogP contribution in [0, 0.1) is 0 Å². The van der Waals surface area contributed by atoms with Crippen LogP contribution in [-0.2, 0) is 11.3 Å². The fourth-order valence-electron chi connectivity index (χ4n) is 2.40. The molecule has 1 atom stereocenters.